The van der Waals surface area contributed by atoms with Crippen molar-refractivity contribution in [2.24, 2.45) is 10.9 Å². The highest BCUT2D eigenvalue weighted by atomic mass is 79.9. The number of benzene rings is 1. The lowest BCUT2D eigenvalue weighted by Crippen LogP contribution is -2.12. The van der Waals surface area contributed by atoms with E-state index in [4.69, 9.17) is 10.9 Å². The molecule has 0 amide bonds. The summed E-state index contributed by atoms with van der Waals surface area (Å²) in [5.74, 6) is 0.0880. The first-order valence-corrected chi connectivity index (χ1v) is 6.68. The fraction of sp³-hybridized carbons (Fsp3) is 0. The highest BCUT2D eigenvalue weighted by molar-refractivity contribution is 9.10. The molecular weight excluding hydrogens is 314 g/mol. The second-order valence-electron chi connectivity index (χ2n) is 3.40. The molecule has 0 aliphatic rings. The van der Waals surface area contributed by atoms with Gasteiger partial charge in [0.1, 0.15) is 5.03 Å². The van der Waals surface area contributed by atoms with E-state index in [9.17, 15) is 0 Å². The zero-order chi connectivity index (χ0) is 13.0. The lowest BCUT2D eigenvalue weighted by Gasteiger charge is -2.05. The Bertz CT molecular complexity index is 575. The molecule has 1 aromatic carbocycles. The van der Waals surface area contributed by atoms with E-state index in [1.165, 1.54) is 0 Å². The molecule has 0 aliphatic heterocycles. The third-order valence-electron chi connectivity index (χ3n) is 2.19. The zero-order valence-corrected chi connectivity index (χ0v) is 11.6. The van der Waals surface area contributed by atoms with Crippen molar-refractivity contribution in [3.05, 3.63) is 52.6 Å². The molecule has 1 heterocycles. The monoisotopic (exact) mass is 323 g/mol. The van der Waals surface area contributed by atoms with E-state index < -0.39 is 0 Å². The summed E-state index contributed by atoms with van der Waals surface area (Å²) in [5, 5.41) is 12.5. The van der Waals surface area contributed by atoms with E-state index in [2.05, 4.69) is 26.1 Å². The van der Waals surface area contributed by atoms with Gasteiger partial charge in [-0.1, -0.05) is 23.0 Å². The normalized spacial score (nSPS) is 11.5. The van der Waals surface area contributed by atoms with Gasteiger partial charge < -0.3 is 10.9 Å². The number of pyridine rings is 1. The summed E-state index contributed by atoms with van der Waals surface area (Å²) in [7, 11) is 0. The maximum atomic E-state index is 8.62. The van der Waals surface area contributed by atoms with Crippen LogP contribution in [0.3, 0.4) is 0 Å². The molecule has 0 saturated heterocycles. The molecular formula is C12H10BrN3OS. The van der Waals surface area contributed by atoms with Crippen molar-refractivity contribution in [3.8, 4) is 0 Å². The van der Waals surface area contributed by atoms with Gasteiger partial charge in [-0.25, -0.2) is 4.98 Å². The fourth-order valence-corrected chi connectivity index (χ4v) is 2.72. The zero-order valence-electron chi connectivity index (χ0n) is 9.25. The number of nitrogens with zero attached hydrogens (tertiary/aromatic N) is 2. The first-order chi connectivity index (χ1) is 8.70. The first kappa shape index (κ1) is 12.9. The summed E-state index contributed by atoms with van der Waals surface area (Å²) in [6.07, 6.45) is 1.75. The Hall–Kier alpha value is -1.53. The van der Waals surface area contributed by atoms with Crippen LogP contribution in [0.5, 0.6) is 0 Å². The van der Waals surface area contributed by atoms with Crippen molar-refractivity contribution in [3.63, 3.8) is 0 Å². The van der Waals surface area contributed by atoms with E-state index in [1.54, 1.807) is 30.1 Å². The van der Waals surface area contributed by atoms with Crippen LogP contribution in [0.2, 0.25) is 0 Å². The van der Waals surface area contributed by atoms with Gasteiger partial charge in [-0.05, 0) is 46.3 Å². The van der Waals surface area contributed by atoms with Crippen molar-refractivity contribution in [2.45, 2.75) is 9.92 Å². The van der Waals surface area contributed by atoms with Crippen LogP contribution in [-0.4, -0.2) is 16.0 Å². The van der Waals surface area contributed by atoms with Gasteiger partial charge in [-0.3, -0.25) is 0 Å². The molecule has 2 rings (SSSR count). The van der Waals surface area contributed by atoms with Gasteiger partial charge in [0.05, 0.1) is 0 Å². The topological polar surface area (TPSA) is 71.5 Å². The molecule has 2 aromatic rings. The molecule has 0 unspecified atom stereocenters. The minimum atomic E-state index is 0.0880. The van der Waals surface area contributed by atoms with Gasteiger partial charge in [0.15, 0.2) is 5.84 Å². The quantitative estimate of drug-likeness (QED) is 0.394. The molecule has 92 valence electrons. The Balaban J connectivity index is 2.26. The summed E-state index contributed by atoms with van der Waals surface area (Å²) in [5.41, 5.74) is 6.19. The van der Waals surface area contributed by atoms with Crippen LogP contribution < -0.4 is 5.73 Å². The van der Waals surface area contributed by atoms with Gasteiger partial charge in [-0.15, -0.1) is 0 Å². The minimum absolute atomic E-state index is 0.0880. The van der Waals surface area contributed by atoms with Crippen molar-refractivity contribution in [1.29, 1.82) is 0 Å². The van der Waals surface area contributed by atoms with Crippen LogP contribution in [0.15, 0.2) is 62.1 Å². The van der Waals surface area contributed by atoms with Gasteiger partial charge in [-0.2, -0.15) is 0 Å². The Morgan fingerprint density at radius 3 is 2.78 bits per heavy atom. The van der Waals surface area contributed by atoms with Crippen LogP contribution in [-0.2, 0) is 0 Å². The van der Waals surface area contributed by atoms with Crippen molar-refractivity contribution >= 4 is 33.5 Å². The molecule has 0 spiro atoms. The predicted octanol–water partition coefficient (Wildman–Crippen LogP) is 3.09. The minimum Gasteiger partial charge on any atom is -0.409 e. The highest BCUT2D eigenvalue weighted by Crippen LogP contribution is 2.32. The third kappa shape index (κ3) is 3.02. The standard InChI is InChI=1S/C12H10BrN3OS/c13-9-7-8(12(14)16-17)4-5-10(9)18-11-3-1-2-6-15-11/h1-7,17H,(H2,14,16). The second kappa shape index (κ2) is 5.88. The van der Waals surface area contributed by atoms with E-state index in [1.807, 2.05) is 24.3 Å². The Morgan fingerprint density at radius 1 is 1.33 bits per heavy atom. The molecule has 6 heteroatoms. The molecule has 18 heavy (non-hydrogen) atoms. The van der Waals surface area contributed by atoms with E-state index in [0.29, 0.717) is 5.56 Å². The molecule has 0 atom stereocenters. The second-order valence-corrected chi connectivity index (χ2v) is 5.32. The van der Waals surface area contributed by atoms with Gasteiger partial charge >= 0.3 is 0 Å². The van der Waals surface area contributed by atoms with Crippen LogP contribution in [0, 0.1) is 0 Å². The van der Waals surface area contributed by atoms with Crippen LogP contribution in [0.4, 0.5) is 0 Å². The van der Waals surface area contributed by atoms with Crippen LogP contribution >= 0.6 is 27.7 Å². The molecule has 1 aromatic heterocycles. The lowest BCUT2D eigenvalue weighted by molar-refractivity contribution is 0.318. The summed E-state index contributed by atoms with van der Waals surface area (Å²) < 4.78 is 0.877. The Labute approximate surface area is 117 Å². The van der Waals surface area contributed by atoms with Crippen molar-refractivity contribution < 1.29 is 5.21 Å². The summed E-state index contributed by atoms with van der Waals surface area (Å²) in [6.45, 7) is 0. The Morgan fingerprint density at radius 2 is 2.17 bits per heavy atom. The van der Waals surface area contributed by atoms with Gasteiger partial charge in [0.25, 0.3) is 0 Å². The van der Waals surface area contributed by atoms with Gasteiger partial charge in [0, 0.05) is 21.1 Å². The average Bonchev–Trinajstić information content (AvgIpc) is 2.41. The molecule has 0 saturated carbocycles. The number of oxime groups is 1. The maximum Gasteiger partial charge on any atom is 0.170 e. The smallest absolute Gasteiger partial charge is 0.170 e. The molecule has 0 radical (unpaired) electrons. The number of halogens is 1. The molecule has 0 fully saturated rings. The van der Waals surface area contributed by atoms with E-state index in [0.717, 1.165) is 14.4 Å². The lowest BCUT2D eigenvalue weighted by atomic mass is 10.2. The Kier molecular flexibility index (Phi) is 4.22. The van der Waals surface area contributed by atoms with Crippen LogP contribution in [0.25, 0.3) is 0 Å². The average molecular weight is 324 g/mol. The number of hydrogen-bond acceptors (Lipinski definition) is 4. The van der Waals surface area contributed by atoms with Gasteiger partial charge in [0.2, 0.25) is 0 Å². The molecule has 3 N–H and O–H groups in total. The summed E-state index contributed by atoms with van der Waals surface area (Å²) in [6, 6.07) is 11.3. The third-order valence-corrected chi connectivity index (χ3v) is 4.13. The predicted molar refractivity (Wildman–Crippen MR) is 75.0 cm³/mol. The van der Waals surface area contributed by atoms with Crippen LogP contribution in [0.1, 0.15) is 5.56 Å². The fourth-order valence-electron chi connectivity index (χ4n) is 1.32. The van der Waals surface area contributed by atoms with Crippen molar-refractivity contribution in [1.82, 2.24) is 4.98 Å². The van der Waals surface area contributed by atoms with E-state index >= 15 is 0 Å². The summed E-state index contributed by atoms with van der Waals surface area (Å²) >= 11 is 5.00. The molecule has 0 aliphatic carbocycles. The maximum absolute atomic E-state index is 8.62. The number of rotatable bonds is 3. The molecule has 4 nitrogen and oxygen atoms in total. The highest BCUT2D eigenvalue weighted by Gasteiger charge is 2.06. The number of amidine groups is 1. The first-order valence-electron chi connectivity index (χ1n) is 5.07. The SMILES string of the molecule is N/C(=N/O)c1ccc(Sc2ccccn2)c(Br)c1. The largest absolute Gasteiger partial charge is 0.409 e. The molecule has 0 bridgehead atoms. The number of hydrogen-bond donors (Lipinski definition) is 2. The number of aromatic nitrogens is 1. The number of nitrogens with two attached hydrogens (primary N) is 1. The van der Waals surface area contributed by atoms with E-state index in [-0.39, 0.29) is 5.84 Å². The van der Waals surface area contributed by atoms with Crippen molar-refractivity contribution in [2.75, 3.05) is 0 Å². The summed E-state index contributed by atoms with van der Waals surface area (Å²) in [4.78, 5) is 5.26.